The molecule has 0 aromatic heterocycles. The zero-order valence-electron chi connectivity index (χ0n) is 10.9. The molecule has 0 N–H and O–H groups in total. The van der Waals surface area contributed by atoms with Crippen molar-refractivity contribution < 1.29 is 23.5 Å². The lowest BCUT2D eigenvalue weighted by molar-refractivity contribution is -0.120. The number of hydrogen-bond donors (Lipinski definition) is 0. The van der Waals surface area contributed by atoms with Crippen LogP contribution in [0.2, 0.25) is 5.02 Å². The van der Waals surface area contributed by atoms with Crippen molar-refractivity contribution in [2.45, 2.75) is 0 Å². The fourth-order valence-electron chi connectivity index (χ4n) is 1.82. The summed E-state index contributed by atoms with van der Waals surface area (Å²) in [7, 11) is 1.28. The lowest BCUT2D eigenvalue weighted by Crippen LogP contribution is -2.00. The topological polar surface area (TPSA) is 52.6 Å². The minimum atomic E-state index is -0.750. The van der Waals surface area contributed by atoms with Crippen LogP contribution in [0.4, 0.5) is 4.39 Å². The number of methoxy groups -OCH3 is 1. The fourth-order valence-corrected chi connectivity index (χ4v) is 2.01. The second kappa shape index (κ2) is 6.37. The van der Waals surface area contributed by atoms with Crippen LogP contribution in [0.3, 0.4) is 0 Å². The van der Waals surface area contributed by atoms with Crippen LogP contribution in [0, 0.1) is 5.82 Å². The van der Waals surface area contributed by atoms with Gasteiger partial charge in [0.1, 0.15) is 0 Å². The predicted molar refractivity (Wildman–Crippen MR) is 74.9 cm³/mol. The maximum Gasteiger partial charge on any atom is 0.337 e. The number of ether oxygens (including phenoxy) is 2. The molecule has 0 amide bonds. The highest BCUT2D eigenvalue weighted by Gasteiger charge is 2.15. The predicted octanol–water partition coefficient (Wildman–Crippen LogP) is 3.47. The van der Waals surface area contributed by atoms with Gasteiger partial charge in [-0.3, -0.25) is 4.79 Å². The van der Waals surface area contributed by atoms with Gasteiger partial charge in [-0.15, -0.1) is 0 Å². The first-order valence-electron chi connectivity index (χ1n) is 5.85. The molecule has 0 saturated carbocycles. The maximum absolute atomic E-state index is 14.3. The number of esters is 1. The average Bonchev–Trinajstić information content (AvgIpc) is 2.51. The third kappa shape index (κ3) is 3.03. The van der Waals surface area contributed by atoms with Crippen molar-refractivity contribution in [3.05, 3.63) is 52.8 Å². The van der Waals surface area contributed by atoms with Crippen LogP contribution in [-0.2, 0) is 9.53 Å². The standard InChI is InChI=1S/C15H10ClFO4/c1-20-15(19)10-4-2-9(3-5-10)11-6-7-12(16)14(13(11)17)21-8-18/h2-8H,1H3. The zero-order valence-corrected chi connectivity index (χ0v) is 11.7. The van der Waals surface area contributed by atoms with Gasteiger partial charge in [0.05, 0.1) is 17.7 Å². The van der Waals surface area contributed by atoms with E-state index in [-0.39, 0.29) is 22.8 Å². The van der Waals surface area contributed by atoms with Gasteiger partial charge in [-0.25, -0.2) is 9.18 Å². The molecule has 2 aromatic carbocycles. The Labute approximate surface area is 125 Å². The first-order chi connectivity index (χ1) is 10.1. The molecule has 0 atom stereocenters. The van der Waals surface area contributed by atoms with Crippen molar-refractivity contribution in [3.8, 4) is 16.9 Å². The van der Waals surface area contributed by atoms with Crippen LogP contribution >= 0.6 is 11.6 Å². The molecule has 0 radical (unpaired) electrons. The van der Waals surface area contributed by atoms with Crippen molar-refractivity contribution in [2.75, 3.05) is 7.11 Å². The van der Waals surface area contributed by atoms with Gasteiger partial charge in [0.25, 0.3) is 6.47 Å². The molecule has 0 bridgehead atoms. The van der Waals surface area contributed by atoms with Gasteiger partial charge in [-0.1, -0.05) is 23.7 Å². The van der Waals surface area contributed by atoms with E-state index in [1.165, 1.54) is 31.4 Å². The molecule has 0 fully saturated rings. The molecule has 0 heterocycles. The van der Waals surface area contributed by atoms with Crippen molar-refractivity contribution in [2.24, 2.45) is 0 Å². The van der Waals surface area contributed by atoms with Crippen LogP contribution in [0.15, 0.2) is 36.4 Å². The van der Waals surface area contributed by atoms with Gasteiger partial charge >= 0.3 is 5.97 Å². The van der Waals surface area contributed by atoms with Gasteiger partial charge in [-0.05, 0) is 29.8 Å². The first kappa shape index (κ1) is 15.0. The van der Waals surface area contributed by atoms with E-state index >= 15 is 0 Å². The molecule has 2 rings (SSSR count). The van der Waals surface area contributed by atoms with Crippen LogP contribution < -0.4 is 4.74 Å². The van der Waals surface area contributed by atoms with Crippen LogP contribution in [0.25, 0.3) is 11.1 Å². The van der Waals surface area contributed by atoms with Crippen molar-refractivity contribution in [1.29, 1.82) is 0 Å². The summed E-state index contributed by atoms with van der Waals surface area (Å²) in [6, 6.07) is 9.02. The lowest BCUT2D eigenvalue weighted by Gasteiger charge is -2.09. The quantitative estimate of drug-likeness (QED) is 0.641. The maximum atomic E-state index is 14.3. The van der Waals surface area contributed by atoms with E-state index in [1.807, 2.05) is 0 Å². The van der Waals surface area contributed by atoms with Gasteiger partial charge < -0.3 is 9.47 Å². The molecular weight excluding hydrogens is 299 g/mol. The number of benzene rings is 2. The third-order valence-corrected chi connectivity index (χ3v) is 3.13. The van der Waals surface area contributed by atoms with Gasteiger partial charge in [0.15, 0.2) is 11.6 Å². The summed E-state index contributed by atoms with van der Waals surface area (Å²) < 4.78 is 23.4. The number of carbonyl (C=O) groups excluding carboxylic acids is 2. The number of rotatable bonds is 4. The molecule has 0 aliphatic carbocycles. The first-order valence-corrected chi connectivity index (χ1v) is 6.23. The Hall–Kier alpha value is -2.40. The van der Waals surface area contributed by atoms with Crippen molar-refractivity contribution in [1.82, 2.24) is 0 Å². The molecule has 0 saturated heterocycles. The highest BCUT2D eigenvalue weighted by atomic mass is 35.5. The van der Waals surface area contributed by atoms with Gasteiger partial charge in [-0.2, -0.15) is 0 Å². The Morgan fingerprint density at radius 2 is 1.86 bits per heavy atom. The minimum absolute atomic E-state index is 0.00506. The van der Waals surface area contributed by atoms with Crippen molar-refractivity contribution >= 4 is 24.0 Å². The Kier molecular flexibility index (Phi) is 4.55. The van der Waals surface area contributed by atoms with Crippen molar-refractivity contribution in [3.63, 3.8) is 0 Å². The van der Waals surface area contributed by atoms with Gasteiger partial charge in [0.2, 0.25) is 0 Å². The Bertz CT molecular complexity index is 683. The number of halogens is 2. The summed E-state index contributed by atoms with van der Waals surface area (Å²) in [5, 5.41) is -0.00506. The highest BCUT2D eigenvalue weighted by molar-refractivity contribution is 6.32. The summed E-state index contributed by atoms with van der Waals surface area (Å²) in [4.78, 5) is 21.7. The zero-order chi connectivity index (χ0) is 15.4. The fraction of sp³-hybridized carbons (Fsp3) is 0.0667. The molecule has 6 heteroatoms. The van der Waals surface area contributed by atoms with Crippen LogP contribution in [0.1, 0.15) is 10.4 Å². The second-order valence-electron chi connectivity index (χ2n) is 4.02. The molecular formula is C15H10ClFO4. The molecule has 108 valence electrons. The SMILES string of the molecule is COC(=O)c1ccc(-c2ccc(Cl)c(OC=O)c2F)cc1. The molecule has 0 spiro atoms. The molecule has 0 aliphatic heterocycles. The summed E-state index contributed by atoms with van der Waals surface area (Å²) >= 11 is 5.77. The second-order valence-corrected chi connectivity index (χ2v) is 4.43. The summed E-state index contributed by atoms with van der Waals surface area (Å²) in [6.07, 6.45) is 0. The average molecular weight is 309 g/mol. The van der Waals surface area contributed by atoms with Gasteiger partial charge in [0, 0.05) is 5.56 Å². The number of carbonyl (C=O) groups is 2. The monoisotopic (exact) mass is 308 g/mol. The minimum Gasteiger partial charge on any atom is -0.465 e. The van der Waals surface area contributed by atoms with E-state index in [1.54, 1.807) is 12.1 Å². The molecule has 0 unspecified atom stereocenters. The molecule has 4 nitrogen and oxygen atoms in total. The van der Waals surface area contributed by atoms with E-state index in [0.717, 1.165) is 0 Å². The highest BCUT2D eigenvalue weighted by Crippen LogP contribution is 2.34. The molecule has 0 aliphatic rings. The smallest absolute Gasteiger partial charge is 0.337 e. The summed E-state index contributed by atoms with van der Waals surface area (Å²) in [5.41, 5.74) is 1.06. The Morgan fingerprint density at radius 1 is 1.19 bits per heavy atom. The normalized spacial score (nSPS) is 10.0. The lowest BCUT2D eigenvalue weighted by atomic mass is 10.0. The van der Waals surface area contributed by atoms with E-state index in [0.29, 0.717) is 11.1 Å². The molecule has 2 aromatic rings. The molecule has 21 heavy (non-hydrogen) atoms. The van der Waals surface area contributed by atoms with E-state index < -0.39 is 11.8 Å². The van der Waals surface area contributed by atoms with E-state index in [2.05, 4.69) is 9.47 Å². The van der Waals surface area contributed by atoms with E-state index in [9.17, 15) is 14.0 Å². The Balaban J connectivity index is 2.45. The van der Waals surface area contributed by atoms with Crippen LogP contribution in [0.5, 0.6) is 5.75 Å². The largest absolute Gasteiger partial charge is 0.465 e. The van der Waals surface area contributed by atoms with E-state index in [4.69, 9.17) is 11.6 Å². The number of hydrogen-bond acceptors (Lipinski definition) is 4. The Morgan fingerprint density at radius 3 is 2.43 bits per heavy atom. The van der Waals surface area contributed by atoms with Crippen LogP contribution in [-0.4, -0.2) is 19.6 Å². The third-order valence-electron chi connectivity index (χ3n) is 2.83. The summed E-state index contributed by atoms with van der Waals surface area (Å²) in [6.45, 7) is 0.106. The summed E-state index contributed by atoms with van der Waals surface area (Å²) in [5.74, 6) is -1.57.